The van der Waals surface area contributed by atoms with Gasteiger partial charge in [0.2, 0.25) is 0 Å². The molecule has 15 heavy (non-hydrogen) atoms. The summed E-state index contributed by atoms with van der Waals surface area (Å²) in [6.45, 7) is 5.32. The van der Waals surface area contributed by atoms with E-state index in [9.17, 15) is 0 Å². The summed E-state index contributed by atoms with van der Waals surface area (Å²) < 4.78 is 0.948. The van der Waals surface area contributed by atoms with Crippen molar-refractivity contribution in [3.8, 4) is 0 Å². The number of anilines is 1. The molecule has 1 fully saturated rings. The van der Waals surface area contributed by atoms with Gasteiger partial charge in [-0.3, -0.25) is 0 Å². The normalized spacial score (nSPS) is 17.5. The fourth-order valence-corrected chi connectivity index (χ4v) is 1.77. The van der Waals surface area contributed by atoms with E-state index in [1.54, 1.807) is 0 Å². The Morgan fingerprint density at radius 3 is 2.87 bits per heavy atom. The average Bonchev–Trinajstić information content (AvgIpc) is 2.96. The van der Waals surface area contributed by atoms with Gasteiger partial charge in [-0.05, 0) is 35.2 Å². The Kier molecular flexibility index (Phi) is 2.96. The van der Waals surface area contributed by atoms with E-state index in [2.05, 4.69) is 45.1 Å². The highest BCUT2D eigenvalue weighted by Gasteiger charge is 2.42. The molecule has 3 nitrogen and oxygen atoms in total. The maximum absolute atomic E-state index is 4.57. The van der Waals surface area contributed by atoms with Gasteiger partial charge in [0.1, 0.15) is 11.6 Å². The van der Waals surface area contributed by atoms with Gasteiger partial charge in [-0.25, -0.2) is 9.97 Å². The first-order valence-electron chi connectivity index (χ1n) is 5.42. The summed E-state index contributed by atoms with van der Waals surface area (Å²) in [4.78, 5) is 8.96. The number of hydrogen-bond acceptors (Lipinski definition) is 3. The second-order valence-electron chi connectivity index (χ2n) is 4.38. The van der Waals surface area contributed by atoms with Crippen LogP contribution in [0, 0.1) is 0 Å². The molecule has 1 aromatic rings. The van der Waals surface area contributed by atoms with E-state index in [4.69, 9.17) is 0 Å². The summed E-state index contributed by atoms with van der Waals surface area (Å²) in [5, 5.41) is 3.30. The fourth-order valence-electron chi connectivity index (χ4n) is 1.44. The Morgan fingerprint density at radius 2 is 2.27 bits per heavy atom. The minimum Gasteiger partial charge on any atom is -0.369 e. The smallest absolute Gasteiger partial charge is 0.144 e. The van der Waals surface area contributed by atoms with Crippen molar-refractivity contribution in [2.45, 2.75) is 38.5 Å². The third kappa shape index (κ3) is 2.30. The summed E-state index contributed by atoms with van der Waals surface area (Å²) in [6, 6.07) is 0. The van der Waals surface area contributed by atoms with Crippen molar-refractivity contribution < 1.29 is 0 Å². The van der Waals surface area contributed by atoms with Crippen LogP contribution in [0.2, 0.25) is 0 Å². The number of nitrogens with zero attached hydrogens (tertiary/aromatic N) is 2. The van der Waals surface area contributed by atoms with Crippen LogP contribution in [0.4, 0.5) is 5.82 Å². The van der Waals surface area contributed by atoms with Crippen LogP contribution in [-0.4, -0.2) is 16.5 Å². The van der Waals surface area contributed by atoms with Crippen molar-refractivity contribution in [2.24, 2.45) is 0 Å². The molecule has 1 aliphatic rings. The van der Waals surface area contributed by atoms with E-state index in [1.165, 1.54) is 12.8 Å². The minimum absolute atomic E-state index is 0.239. The van der Waals surface area contributed by atoms with Crippen LogP contribution in [0.5, 0.6) is 0 Å². The lowest BCUT2D eigenvalue weighted by molar-refractivity contribution is 0.707. The molecule has 0 atom stereocenters. The second kappa shape index (κ2) is 4.08. The molecule has 0 amide bonds. The number of rotatable bonds is 4. The standard InChI is InChI=1S/C11H16BrN3/c1-3-6-13-9-8(12)7-14-10(15-9)11(2)4-5-11/h7H,3-6H2,1-2H3,(H,13,14,15). The van der Waals surface area contributed by atoms with Gasteiger partial charge in [0.25, 0.3) is 0 Å². The number of nitrogens with one attached hydrogen (secondary N) is 1. The topological polar surface area (TPSA) is 37.8 Å². The van der Waals surface area contributed by atoms with E-state index in [-0.39, 0.29) is 5.41 Å². The Bertz CT molecular complexity index is 361. The first-order chi connectivity index (χ1) is 7.15. The van der Waals surface area contributed by atoms with Gasteiger partial charge in [-0.15, -0.1) is 0 Å². The average molecular weight is 270 g/mol. The third-order valence-electron chi connectivity index (χ3n) is 2.83. The van der Waals surface area contributed by atoms with Gasteiger partial charge < -0.3 is 5.32 Å². The lowest BCUT2D eigenvalue weighted by Gasteiger charge is -2.11. The molecule has 0 aromatic carbocycles. The van der Waals surface area contributed by atoms with Crippen LogP contribution in [0.1, 0.15) is 38.9 Å². The molecule has 1 aromatic heterocycles. The molecule has 2 rings (SSSR count). The zero-order chi connectivity index (χ0) is 10.9. The van der Waals surface area contributed by atoms with E-state index in [0.717, 1.165) is 29.1 Å². The third-order valence-corrected chi connectivity index (χ3v) is 3.41. The molecule has 0 spiro atoms. The molecule has 82 valence electrons. The second-order valence-corrected chi connectivity index (χ2v) is 5.23. The largest absolute Gasteiger partial charge is 0.369 e. The maximum Gasteiger partial charge on any atom is 0.144 e. The van der Waals surface area contributed by atoms with Gasteiger partial charge in [0, 0.05) is 18.2 Å². The van der Waals surface area contributed by atoms with Crippen molar-refractivity contribution in [3.63, 3.8) is 0 Å². The van der Waals surface area contributed by atoms with Crippen LogP contribution >= 0.6 is 15.9 Å². The summed E-state index contributed by atoms with van der Waals surface area (Å²) in [5.41, 5.74) is 0.239. The lowest BCUT2D eigenvalue weighted by atomic mass is 10.1. The monoisotopic (exact) mass is 269 g/mol. The molecule has 0 aliphatic heterocycles. The zero-order valence-electron chi connectivity index (χ0n) is 9.18. The fraction of sp³-hybridized carbons (Fsp3) is 0.636. The molecule has 1 saturated carbocycles. The van der Waals surface area contributed by atoms with Crippen molar-refractivity contribution >= 4 is 21.7 Å². The first-order valence-corrected chi connectivity index (χ1v) is 6.22. The first kappa shape index (κ1) is 10.9. The highest BCUT2D eigenvalue weighted by Crippen LogP contribution is 2.46. The zero-order valence-corrected chi connectivity index (χ0v) is 10.8. The van der Waals surface area contributed by atoms with Gasteiger partial charge in [0.05, 0.1) is 4.47 Å². The molecule has 1 heterocycles. The van der Waals surface area contributed by atoms with Gasteiger partial charge in [-0.1, -0.05) is 13.8 Å². The van der Waals surface area contributed by atoms with E-state index < -0.39 is 0 Å². The highest BCUT2D eigenvalue weighted by atomic mass is 79.9. The van der Waals surface area contributed by atoms with Crippen LogP contribution in [0.15, 0.2) is 10.7 Å². The minimum atomic E-state index is 0.239. The Hall–Kier alpha value is -0.640. The number of halogens is 1. The number of hydrogen-bond donors (Lipinski definition) is 1. The SMILES string of the molecule is CCCNc1nc(C2(C)CC2)ncc1Br. The lowest BCUT2D eigenvalue weighted by Crippen LogP contribution is -2.10. The van der Waals surface area contributed by atoms with Crippen LogP contribution in [-0.2, 0) is 5.41 Å². The Balaban J connectivity index is 2.21. The number of aromatic nitrogens is 2. The van der Waals surface area contributed by atoms with Crippen molar-refractivity contribution in [2.75, 3.05) is 11.9 Å². The molecular formula is C11H16BrN3. The molecule has 1 aliphatic carbocycles. The van der Waals surface area contributed by atoms with Gasteiger partial charge >= 0.3 is 0 Å². The molecule has 1 N–H and O–H groups in total. The van der Waals surface area contributed by atoms with Crippen molar-refractivity contribution in [1.29, 1.82) is 0 Å². The maximum atomic E-state index is 4.57. The predicted molar refractivity (Wildman–Crippen MR) is 65.1 cm³/mol. The predicted octanol–water partition coefficient (Wildman–Crippen LogP) is 3.11. The van der Waals surface area contributed by atoms with Crippen LogP contribution in [0.25, 0.3) is 0 Å². The van der Waals surface area contributed by atoms with E-state index >= 15 is 0 Å². The molecule has 0 unspecified atom stereocenters. The van der Waals surface area contributed by atoms with E-state index in [1.807, 2.05) is 6.20 Å². The summed E-state index contributed by atoms with van der Waals surface area (Å²) in [6.07, 6.45) is 5.37. The molecule has 0 radical (unpaired) electrons. The van der Waals surface area contributed by atoms with E-state index in [0.29, 0.717) is 0 Å². The highest BCUT2D eigenvalue weighted by molar-refractivity contribution is 9.10. The molecule has 0 bridgehead atoms. The van der Waals surface area contributed by atoms with Gasteiger partial charge in [0.15, 0.2) is 0 Å². The summed E-state index contributed by atoms with van der Waals surface area (Å²) >= 11 is 3.46. The van der Waals surface area contributed by atoms with Gasteiger partial charge in [-0.2, -0.15) is 0 Å². The Labute approximate surface area is 98.8 Å². The Morgan fingerprint density at radius 1 is 1.53 bits per heavy atom. The van der Waals surface area contributed by atoms with Crippen LogP contribution in [0.3, 0.4) is 0 Å². The van der Waals surface area contributed by atoms with Crippen molar-refractivity contribution in [1.82, 2.24) is 9.97 Å². The molecule has 4 heteroatoms. The molecular weight excluding hydrogens is 254 g/mol. The summed E-state index contributed by atoms with van der Waals surface area (Å²) in [7, 11) is 0. The molecule has 0 saturated heterocycles. The van der Waals surface area contributed by atoms with Crippen LogP contribution < -0.4 is 5.32 Å². The summed E-state index contributed by atoms with van der Waals surface area (Å²) in [5.74, 6) is 1.90. The quantitative estimate of drug-likeness (QED) is 0.913. The van der Waals surface area contributed by atoms with Crippen molar-refractivity contribution in [3.05, 3.63) is 16.5 Å².